The third-order valence-electron chi connectivity index (χ3n) is 2.82. The summed E-state index contributed by atoms with van der Waals surface area (Å²) in [5, 5.41) is 4.81. The van der Waals surface area contributed by atoms with Crippen LogP contribution >= 0.6 is 0 Å². The number of hydrogen-bond donors (Lipinski definition) is 2. The highest BCUT2D eigenvalue weighted by Gasteiger charge is 2.30. The molecular formula is C15H20N2O5. The number of rotatable bonds is 6. The van der Waals surface area contributed by atoms with Crippen LogP contribution in [-0.2, 0) is 25.7 Å². The molecule has 1 aromatic carbocycles. The number of hydrogen-bond acceptors (Lipinski definition) is 5. The Bertz CT molecular complexity index is 528. The van der Waals surface area contributed by atoms with Crippen molar-refractivity contribution in [1.29, 1.82) is 0 Å². The van der Waals surface area contributed by atoms with Crippen molar-refractivity contribution in [3.8, 4) is 0 Å². The number of amides is 2. The van der Waals surface area contributed by atoms with Gasteiger partial charge in [-0.3, -0.25) is 9.59 Å². The van der Waals surface area contributed by atoms with Crippen molar-refractivity contribution in [3.63, 3.8) is 0 Å². The van der Waals surface area contributed by atoms with Crippen LogP contribution < -0.4 is 10.6 Å². The minimum absolute atomic E-state index is 0.104. The number of methoxy groups -OCH3 is 1. The monoisotopic (exact) mass is 308 g/mol. The van der Waals surface area contributed by atoms with Crippen LogP contribution in [0.25, 0.3) is 0 Å². The zero-order chi connectivity index (χ0) is 16.6. The van der Waals surface area contributed by atoms with Crippen molar-refractivity contribution in [2.24, 2.45) is 0 Å². The number of carbonyl (C=O) groups excluding carboxylic acids is 3. The molecule has 0 saturated carbocycles. The van der Waals surface area contributed by atoms with Gasteiger partial charge in [0, 0.05) is 0 Å². The first-order chi connectivity index (χ1) is 10.3. The first-order valence-electron chi connectivity index (χ1n) is 6.69. The molecule has 0 aliphatic carbocycles. The zero-order valence-electron chi connectivity index (χ0n) is 12.8. The van der Waals surface area contributed by atoms with Gasteiger partial charge in [-0.15, -0.1) is 0 Å². The highest BCUT2D eigenvalue weighted by molar-refractivity contribution is 5.91. The van der Waals surface area contributed by atoms with E-state index < -0.39 is 23.5 Å². The van der Waals surface area contributed by atoms with E-state index in [1.165, 1.54) is 21.0 Å². The summed E-state index contributed by atoms with van der Waals surface area (Å²) in [4.78, 5) is 34.6. The van der Waals surface area contributed by atoms with Gasteiger partial charge >= 0.3 is 12.1 Å². The number of esters is 1. The Morgan fingerprint density at radius 2 is 1.77 bits per heavy atom. The van der Waals surface area contributed by atoms with Crippen LogP contribution in [-0.4, -0.2) is 37.2 Å². The predicted molar refractivity (Wildman–Crippen MR) is 78.9 cm³/mol. The van der Waals surface area contributed by atoms with Crippen LogP contribution in [0.15, 0.2) is 30.3 Å². The number of ether oxygens (including phenoxy) is 2. The van der Waals surface area contributed by atoms with Crippen molar-refractivity contribution in [1.82, 2.24) is 10.6 Å². The molecular weight excluding hydrogens is 288 g/mol. The van der Waals surface area contributed by atoms with E-state index in [4.69, 9.17) is 4.74 Å². The molecule has 7 heteroatoms. The smallest absolute Gasteiger partial charge is 0.408 e. The van der Waals surface area contributed by atoms with Gasteiger partial charge < -0.3 is 20.1 Å². The summed E-state index contributed by atoms with van der Waals surface area (Å²) >= 11 is 0. The maximum atomic E-state index is 11.9. The highest BCUT2D eigenvalue weighted by atomic mass is 16.5. The largest absolute Gasteiger partial charge is 0.468 e. The summed E-state index contributed by atoms with van der Waals surface area (Å²) in [5.41, 5.74) is -0.382. The maximum absolute atomic E-state index is 11.9. The molecule has 0 aromatic heterocycles. The third kappa shape index (κ3) is 5.82. The van der Waals surface area contributed by atoms with Gasteiger partial charge in [-0.1, -0.05) is 30.3 Å². The van der Waals surface area contributed by atoms with Crippen molar-refractivity contribution >= 4 is 18.0 Å². The molecule has 0 aliphatic heterocycles. The van der Waals surface area contributed by atoms with E-state index in [0.29, 0.717) is 0 Å². The molecule has 0 radical (unpaired) electrons. The fraction of sp³-hybridized carbons (Fsp3) is 0.400. The van der Waals surface area contributed by atoms with Crippen LogP contribution in [0.2, 0.25) is 0 Å². The lowest BCUT2D eigenvalue weighted by Gasteiger charge is -2.24. The second-order valence-corrected chi connectivity index (χ2v) is 5.07. The van der Waals surface area contributed by atoms with Gasteiger partial charge in [-0.2, -0.15) is 0 Å². The fourth-order valence-corrected chi connectivity index (χ4v) is 1.52. The number of alkyl carbamates (subject to hydrolysis) is 1. The van der Waals surface area contributed by atoms with Crippen LogP contribution in [0.4, 0.5) is 4.79 Å². The first kappa shape index (κ1) is 17.5. The summed E-state index contributed by atoms with van der Waals surface area (Å²) in [6.07, 6.45) is -0.720. The molecule has 0 atom stereocenters. The van der Waals surface area contributed by atoms with Crippen molar-refractivity contribution in [2.45, 2.75) is 26.0 Å². The lowest BCUT2D eigenvalue weighted by Crippen LogP contribution is -2.55. The molecule has 2 amide bonds. The Hall–Kier alpha value is -2.57. The first-order valence-corrected chi connectivity index (χ1v) is 6.69. The Kier molecular flexibility index (Phi) is 6.37. The summed E-state index contributed by atoms with van der Waals surface area (Å²) in [6, 6.07) is 9.17. The Morgan fingerprint density at radius 1 is 1.14 bits per heavy atom. The summed E-state index contributed by atoms with van der Waals surface area (Å²) in [6.45, 7) is 2.85. The predicted octanol–water partition coefficient (Wildman–Crippen LogP) is 0.981. The van der Waals surface area contributed by atoms with E-state index in [0.717, 1.165) is 5.56 Å². The van der Waals surface area contributed by atoms with Gasteiger partial charge in [-0.05, 0) is 19.4 Å². The van der Waals surface area contributed by atoms with E-state index in [1.54, 1.807) is 0 Å². The van der Waals surface area contributed by atoms with Gasteiger partial charge in [0.2, 0.25) is 5.91 Å². The van der Waals surface area contributed by atoms with Crippen LogP contribution in [0.3, 0.4) is 0 Å². The normalized spacial score (nSPS) is 10.5. The van der Waals surface area contributed by atoms with Gasteiger partial charge in [0.15, 0.2) is 0 Å². The molecule has 0 heterocycles. The van der Waals surface area contributed by atoms with Crippen molar-refractivity contribution in [2.75, 3.05) is 13.7 Å². The minimum atomic E-state index is -1.22. The number of benzene rings is 1. The standard InChI is InChI=1S/C15H20N2O5/c1-15(2,13(19)16-9-12(18)21-3)17-14(20)22-10-11-7-5-4-6-8-11/h4-8H,9-10H2,1-3H3,(H,16,19)(H,17,20). The van der Waals surface area contributed by atoms with E-state index in [1.807, 2.05) is 30.3 Å². The molecule has 120 valence electrons. The van der Waals surface area contributed by atoms with Gasteiger partial charge in [0.25, 0.3) is 0 Å². The molecule has 0 unspecified atom stereocenters. The molecule has 2 N–H and O–H groups in total. The molecule has 0 spiro atoms. The van der Waals surface area contributed by atoms with E-state index in [2.05, 4.69) is 15.4 Å². The maximum Gasteiger partial charge on any atom is 0.408 e. The molecule has 0 aliphatic rings. The number of nitrogens with one attached hydrogen (secondary N) is 2. The van der Waals surface area contributed by atoms with Crippen LogP contribution in [0.1, 0.15) is 19.4 Å². The fourth-order valence-electron chi connectivity index (χ4n) is 1.52. The van der Waals surface area contributed by atoms with Crippen LogP contribution in [0, 0.1) is 0 Å². The SMILES string of the molecule is COC(=O)CNC(=O)C(C)(C)NC(=O)OCc1ccccc1. The average Bonchev–Trinajstić information content (AvgIpc) is 2.50. The summed E-state index contributed by atoms with van der Waals surface area (Å²) in [7, 11) is 1.22. The topological polar surface area (TPSA) is 93.7 Å². The van der Waals surface area contributed by atoms with Crippen molar-refractivity contribution < 1.29 is 23.9 Å². The molecule has 1 rings (SSSR count). The molecule has 0 bridgehead atoms. The molecule has 1 aromatic rings. The second-order valence-electron chi connectivity index (χ2n) is 5.07. The summed E-state index contributed by atoms with van der Waals surface area (Å²) < 4.78 is 9.46. The Labute approximate surface area is 129 Å². The minimum Gasteiger partial charge on any atom is -0.468 e. The lowest BCUT2D eigenvalue weighted by molar-refractivity contribution is -0.141. The Balaban J connectivity index is 2.43. The zero-order valence-corrected chi connectivity index (χ0v) is 12.8. The van der Waals surface area contributed by atoms with Gasteiger partial charge in [0.1, 0.15) is 18.7 Å². The van der Waals surface area contributed by atoms with Gasteiger partial charge in [0.05, 0.1) is 7.11 Å². The quantitative estimate of drug-likeness (QED) is 0.764. The second kappa shape index (κ2) is 8.02. The molecule has 0 saturated heterocycles. The molecule has 0 fully saturated rings. The van der Waals surface area contributed by atoms with E-state index in [9.17, 15) is 14.4 Å². The average molecular weight is 308 g/mol. The third-order valence-corrected chi connectivity index (χ3v) is 2.82. The molecule has 7 nitrogen and oxygen atoms in total. The Morgan fingerprint density at radius 3 is 2.36 bits per heavy atom. The lowest BCUT2D eigenvalue weighted by atomic mass is 10.1. The van der Waals surface area contributed by atoms with Crippen LogP contribution in [0.5, 0.6) is 0 Å². The number of carbonyl (C=O) groups is 3. The molecule has 22 heavy (non-hydrogen) atoms. The van der Waals surface area contributed by atoms with Crippen molar-refractivity contribution in [3.05, 3.63) is 35.9 Å². The highest BCUT2D eigenvalue weighted by Crippen LogP contribution is 2.05. The summed E-state index contributed by atoms with van der Waals surface area (Å²) in [5.74, 6) is -1.09. The van der Waals surface area contributed by atoms with E-state index >= 15 is 0 Å². The van der Waals surface area contributed by atoms with E-state index in [-0.39, 0.29) is 13.2 Å². The van der Waals surface area contributed by atoms with Gasteiger partial charge in [-0.25, -0.2) is 4.79 Å².